The van der Waals surface area contributed by atoms with Crippen LogP contribution in [0.2, 0.25) is 0 Å². The fourth-order valence-corrected chi connectivity index (χ4v) is 5.20. The first-order valence-corrected chi connectivity index (χ1v) is 14.6. The number of rotatable bonds is 4. The maximum atomic E-state index is 13.8. The van der Waals surface area contributed by atoms with E-state index >= 15 is 0 Å². The molecule has 0 N–H and O–H groups in total. The fraction of sp³-hybridized carbons (Fsp3) is 0.188. The Hall–Kier alpha value is -3.50. The molecule has 42 heavy (non-hydrogen) atoms. The molecule has 4 aromatic rings. The Labute approximate surface area is 257 Å². The van der Waals surface area contributed by atoms with E-state index < -0.39 is 23.3 Å². The van der Waals surface area contributed by atoms with Gasteiger partial charge in [-0.2, -0.15) is 0 Å². The SMILES string of the molecule is CC1OC(c2c(F)cccc2F)=N[C@H]1c1ccc(Br)cc1.C[C@H]1OC(c2c(F)cccc2F)=NC1c1ccc(Br)cc1. The van der Waals surface area contributed by atoms with Crippen LogP contribution in [-0.4, -0.2) is 24.0 Å². The average Bonchev–Trinajstić information content (AvgIpc) is 3.52. The summed E-state index contributed by atoms with van der Waals surface area (Å²) in [7, 11) is 0. The molecule has 0 aliphatic carbocycles. The van der Waals surface area contributed by atoms with Crippen LogP contribution < -0.4 is 0 Å². The highest BCUT2D eigenvalue weighted by molar-refractivity contribution is 9.10. The zero-order chi connectivity index (χ0) is 30.0. The number of nitrogens with zero attached hydrogens (tertiary/aromatic N) is 2. The van der Waals surface area contributed by atoms with Crippen molar-refractivity contribution in [3.63, 3.8) is 0 Å². The van der Waals surface area contributed by atoms with E-state index in [9.17, 15) is 17.6 Å². The molecular weight excluding hydrogens is 680 g/mol. The van der Waals surface area contributed by atoms with E-state index in [0.717, 1.165) is 20.1 Å². The zero-order valence-electron chi connectivity index (χ0n) is 22.4. The van der Waals surface area contributed by atoms with Crippen molar-refractivity contribution in [3.8, 4) is 0 Å². The number of ether oxygens (including phenoxy) is 2. The molecule has 0 aromatic heterocycles. The van der Waals surface area contributed by atoms with E-state index in [2.05, 4.69) is 41.8 Å². The van der Waals surface area contributed by atoms with Crippen LogP contribution >= 0.6 is 31.9 Å². The lowest BCUT2D eigenvalue weighted by atomic mass is 10.0. The van der Waals surface area contributed by atoms with Gasteiger partial charge in [-0.1, -0.05) is 68.3 Å². The van der Waals surface area contributed by atoms with Gasteiger partial charge in [-0.3, -0.25) is 0 Å². The smallest absolute Gasteiger partial charge is 0.223 e. The van der Waals surface area contributed by atoms with Crippen LogP contribution in [0.5, 0.6) is 0 Å². The van der Waals surface area contributed by atoms with Crippen LogP contribution in [0.25, 0.3) is 0 Å². The van der Waals surface area contributed by atoms with Crippen molar-refractivity contribution in [2.45, 2.75) is 38.1 Å². The van der Waals surface area contributed by atoms with Gasteiger partial charge in [0.05, 0.1) is 0 Å². The van der Waals surface area contributed by atoms with Crippen molar-refractivity contribution in [3.05, 3.63) is 139 Å². The summed E-state index contributed by atoms with van der Waals surface area (Å²) >= 11 is 6.74. The fourth-order valence-electron chi connectivity index (χ4n) is 4.67. The van der Waals surface area contributed by atoms with Crippen LogP contribution in [0.15, 0.2) is 104 Å². The molecule has 0 spiro atoms. The molecule has 4 atom stereocenters. The van der Waals surface area contributed by atoms with Crippen molar-refractivity contribution in [2.24, 2.45) is 9.98 Å². The van der Waals surface area contributed by atoms with E-state index in [0.29, 0.717) is 0 Å². The predicted molar refractivity (Wildman–Crippen MR) is 161 cm³/mol. The van der Waals surface area contributed by atoms with Crippen molar-refractivity contribution in [2.75, 3.05) is 0 Å². The maximum Gasteiger partial charge on any atom is 0.223 e. The summed E-state index contributed by atoms with van der Waals surface area (Å²) in [5, 5.41) is 0. The van der Waals surface area contributed by atoms with Gasteiger partial charge in [0.1, 0.15) is 58.7 Å². The number of benzene rings is 4. The molecule has 0 fully saturated rings. The van der Waals surface area contributed by atoms with E-state index in [-0.39, 0.29) is 47.2 Å². The van der Waals surface area contributed by atoms with E-state index in [1.807, 2.05) is 62.4 Å². The molecule has 4 aromatic carbocycles. The largest absolute Gasteiger partial charge is 0.472 e. The second-order valence-corrected chi connectivity index (χ2v) is 11.5. The van der Waals surface area contributed by atoms with Crippen molar-refractivity contribution in [1.29, 1.82) is 0 Å². The molecule has 2 unspecified atom stereocenters. The molecule has 6 rings (SSSR count). The first-order valence-electron chi connectivity index (χ1n) is 13.0. The van der Waals surface area contributed by atoms with Gasteiger partial charge in [0.2, 0.25) is 11.8 Å². The second kappa shape index (κ2) is 12.8. The first kappa shape index (κ1) is 30.0. The molecule has 216 valence electrons. The third-order valence-corrected chi connectivity index (χ3v) is 7.83. The molecule has 2 heterocycles. The van der Waals surface area contributed by atoms with E-state index in [1.54, 1.807) is 0 Å². The number of aliphatic imine (C=N–C) groups is 2. The summed E-state index contributed by atoms with van der Waals surface area (Å²) in [4.78, 5) is 8.72. The van der Waals surface area contributed by atoms with Gasteiger partial charge in [-0.15, -0.1) is 0 Å². The normalized spacial score (nSPS) is 21.0. The van der Waals surface area contributed by atoms with Gasteiger partial charge in [0, 0.05) is 8.95 Å². The quantitative estimate of drug-likeness (QED) is 0.199. The van der Waals surface area contributed by atoms with Gasteiger partial charge < -0.3 is 9.47 Å². The molecule has 0 bridgehead atoms. The van der Waals surface area contributed by atoms with Crippen molar-refractivity contribution >= 4 is 43.7 Å². The minimum atomic E-state index is -0.669. The number of halogens is 6. The van der Waals surface area contributed by atoms with E-state index in [1.165, 1.54) is 36.4 Å². The highest BCUT2D eigenvalue weighted by Gasteiger charge is 2.33. The van der Waals surface area contributed by atoms with Crippen LogP contribution in [0, 0.1) is 23.3 Å². The van der Waals surface area contributed by atoms with Gasteiger partial charge in [0.15, 0.2) is 0 Å². The van der Waals surface area contributed by atoms with Crippen molar-refractivity contribution < 1.29 is 27.0 Å². The minimum Gasteiger partial charge on any atom is -0.472 e. The lowest BCUT2D eigenvalue weighted by molar-refractivity contribution is 0.212. The monoisotopic (exact) mass is 702 g/mol. The molecule has 0 saturated carbocycles. The molecule has 4 nitrogen and oxygen atoms in total. The summed E-state index contributed by atoms with van der Waals surface area (Å²) in [5.74, 6) is -2.64. The maximum absolute atomic E-state index is 13.8. The molecule has 2 aliphatic rings. The summed E-state index contributed by atoms with van der Waals surface area (Å²) in [6.07, 6.45) is -0.555. The average molecular weight is 704 g/mol. The summed E-state index contributed by atoms with van der Waals surface area (Å²) < 4.78 is 68.3. The van der Waals surface area contributed by atoms with Crippen LogP contribution in [0.1, 0.15) is 48.2 Å². The van der Waals surface area contributed by atoms with Crippen LogP contribution in [0.4, 0.5) is 17.6 Å². The lowest BCUT2D eigenvalue weighted by Crippen LogP contribution is -2.14. The molecule has 2 aliphatic heterocycles. The summed E-state index contributed by atoms with van der Waals surface area (Å²) in [6, 6.07) is 22.2. The molecule has 0 saturated heterocycles. The number of hydrogen-bond acceptors (Lipinski definition) is 4. The van der Waals surface area contributed by atoms with Gasteiger partial charge in [0.25, 0.3) is 0 Å². The van der Waals surface area contributed by atoms with Gasteiger partial charge in [-0.05, 0) is 73.5 Å². The zero-order valence-corrected chi connectivity index (χ0v) is 25.5. The lowest BCUT2D eigenvalue weighted by Gasteiger charge is -2.13. The Bertz CT molecular complexity index is 1480. The van der Waals surface area contributed by atoms with Crippen LogP contribution in [-0.2, 0) is 9.47 Å². The molecule has 0 amide bonds. The van der Waals surface area contributed by atoms with Gasteiger partial charge >= 0.3 is 0 Å². The minimum absolute atomic E-state index is 0.0195. The van der Waals surface area contributed by atoms with E-state index in [4.69, 9.17) is 9.47 Å². The molecule has 10 heteroatoms. The van der Waals surface area contributed by atoms with Crippen LogP contribution in [0.3, 0.4) is 0 Å². The Morgan fingerprint density at radius 1 is 0.524 bits per heavy atom. The topological polar surface area (TPSA) is 43.2 Å². The third kappa shape index (κ3) is 6.44. The highest BCUT2D eigenvalue weighted by atomic mass is 79.9. The number of hydrogen-bond donors (Lipinski definition) is 0. The Kier molecular flexibility index (Phi) is 9.13. The summed E-state index contributed by atoms with van der Waals surface area (Å²) in [6.45, 7) is 3.67. The standard InChI is InChI=1S/2C16H12BrF2NO/c2*1-9-15(10-5-7-11(17)8-6-10)20-16(21-9)14-12(18)3-2-4-13(14)19/h2*2-9,15H,1H3/t9?,15-;9-,15?/m11/s1. The first-order chi connectivity index (χ1) is 20.1. The Morgan fingerprint density at radius 2 is 0.833 bits per heavy atom. The molecular formula is C32H24Br2F4N2O2. The third-order valence-electron chi connectivity index (χ3n) is 6.77. The predicted octanol–water partition coefficient (Wildman–Crippen LogP) is 9.27. The summed E-state index contributed by atoms with van der Waals surface area (Å²) in [5.41, 5.74) is 1.47. The Morgan fingerprint density at radius 3 is 1.14 bits per heavy atom. The molecule has 0 radical (unpaired) electrons. The van der Waals surface area contributed by atoms with Crippen molar-refractivity contribution in [1.82, 2.24) is 0 Å². The second-order valence-electron chi connectivity index (χ2n) is 9.70. The van der Waals surface area contributed by atoms with Gasteiger partial charge in [-0.25, -0.2) is 27.5 Å². The Balaban J connectivity index is 0.000000168. The highest BCUT2D eigenvalue weighted by Crippen LogP contribution is 2.34.